The molecule has 0 bridgehead atoms. The third-order valence-electron chi connectivity index (χ3n) is 4.65. The summed E-state index contributed by atoms with van der Waals surface area (Å²) in [6, 6.07) is 0.641. The zero-order valence-electron chi connectivity index (χ0n) is 10.9. The molecule has 0 aromatic carbocycles. The highest BCUT2D eigenvalue weighted by Crippen LogP contribution is 2.37. The quantitative estimate of drug-likeness (QED) is 0.669. The predicted octanol–water partition coefficient (Wildman–Crippen LogP) is 0.572. The second-order valence-corrected chi connectivity index (χ2v) is 5.80. The Kier molecular flexibility index (Phi) is 3.39. The summed E-state index contributed by atoms with van der Waals surface area (Å²) < 4.78 is 11.6. The number of hydrogen-bond acceptors (Lipinski definition) is 4. The van der Waals surface area contributed by atoms with E-state index < -0.39 is 0 Å². The topological polar surface area (TPSA) is 24.9 Å². The second-order valence-electron chi connectivity index (χ2n) is 5.80. The van der Waals surface area contributed by atoms with Crippen molar-refractivity contribution in [3.8, 4) is 0 Å². The van der Waals surface area contributed by atoms with E-state index in [2.05, 4.69) is 16.8 Å². The summed E-state index contributed by atoms with van der Waals surface area (Å²) in [7, 11) is 2.21. The van der Waals surface area contributed by atoms with Gasteiger partial charge in [0.1, 0.15) is 0 Å². The third kappa shape index (κ3) is 2.50. The van der Waals surface area contributed by atoms with Crippen LogP contribution >= 0.6 is 0 Å². The Bertz CT molecular complexity index is 258. The first kappa shape index (κ1) is 11.9. The van der Waals surface area contributed by atoms with E-state index >= 15 is 0 Å². The van der Waals surface area contributed by atoms with Crippen molar-refractivity contribution < 1.29 is 9.47 Å². The van der Waals surface area contributed by atoms with Crippen LogP contribution in [0.25, 0.3) is 0 Å². The van der Waals surface area contributed by atoms with Crippen LogP contribution in [0.3, 0.4) is 0 Å². The SMILES string of the molecule is CN1CCC2(CC1)CC(N1CCOCC1)CO2. The lowest BCUT2D eigenvalue weighted by Gasteiger charge is -2.38. The molecule has 4 heteroatoms. The van der Waals surface area contributed by atoms with Crippen LogP contribution in [-0.4, -0.2) is 74.5 Å². The molecule has 3 aliphatic rings. The van der Waals surface area contributed by atoms with E-state index in [9.17, 15) is 0 Å². The van der Waals surface area contributed by atoms with Gasteiger partial charge in [-0.2, -0.15) is 0 Å². The Hall–Kier alpha value is -0.160. The maximum absolute atomic E-state index is 6.19. The molecule has 0 amide bonds. The highest BCUT2D eigenvalue weighted by molar-refractivity contribution is 4.96. The standard InChI is InChI=1S/C13H24N2O2/c1-14-4-2-13(3-5-14)10-12(11-17-13)15-6-8-16-9-7-15/h12H,2-11H2,1H3. The average Bonchev–Trinajstić information content (AvgIpc) is 2.79. The van der Waals surface area contributed by atoms with E-state index in [0.717, 1.165) is 32.9 Å². The van der Waals surface area contributed by atoms with Crippen molar-refractivity contribution >= 4 is 0 Å². The number of morpholine rings is 1. The first-order chi connectivity index (χ1) is 8.27. The molecule has 1 atom stereocenters. The lowest BCUT2D eigenvalue weighted by Crippen LogP contribution is -2.46. The highest BCUT2D eigenvalue weighted by atomic mass is 16.5. The van der Waals surface area contributed by atoms with Crippen LogP contribution < -0.4 is 0 Å². The van der Waals surface area contributed by atoms with E-state index in [1.807, 2.05) is 0 Å². The lowest BCUT2D eigenvalue weighted by atomic mass is 9.87. The Labute approximate surface area is 104 Å². The molecule has 0 aromatic rings. The minimum absolute atomic E-state index is 0.204. The number of likely N-dealkylation sites (tertiary alicyclic amines) is 1. The van der Waals surface area contributed by atoms with Crippen molar-refractivity contribution in [1.29, 1.82) is 0 Å². The number of piperidine rings is 1. The molecule has 0 N–H and O–H groups in total. The summed E-state index contributed by atoms with van der Waals surface area (Å²) in [4.78, 5) is 4.98. The van der Waals surface area contributed by atoms with Gasteiger partial charge in [0.2, 0.25) is 0 Å². The van der Waals surface area contributed by atoms with Gasteiger partial charge in [0.15, 0.2) is 0 Å². The molecule has 1 spiro atoms. The fourth-order valence-electron chi connectivity index (χ4n) is 3.37. The van der Waals surface area contributed by atoms with Crippen molar-refractivity contribution in [3.05, 3.63) is 0 Å². The normalized spacial score (nSPS) is 35.5. The summed E-state index contributed by atoms with van der Waals surface area (Å²) >= 11 is 0. The molecule has 3 fully saturated rings. The summed E-state index contributed by atoms with van der Waals surface area (Å²) in [6.45, 7) is 7.28. The van der Waals surface area contributed by atoms with Gasteiger partial charge in [-0.25, -0.2) is 0 Å². The third-order valence-corrected chi connectivity index (χ3v) is 4.65. The molecule has 3 heterocycles. The van der Waals surface area contributed by atoms with Crippen LogP contribution in [0.1, 0.15) is 19.3 Å². The molecule has 0 aromatic heterocycles. The van der Waals surface area contributed by atoms with E-state index in [0.29, 0.717) is 6.04 Å². The summed E-state index contributed by atoms with van der Waals surface area (Å²) in [5.74, 6) is 0. The van der Waals surface area contributed by atoms with Gasteiger partial charge in [-0.05, 0) is 26.3 Å². The minimum atomic E-state index is 0.204. The number of ether oxygens (including phenoxy) is 2. The fourth-order valence-corrected chi connectivity index (χ4v) is 3.37. The van der Waals surface area contributed by atoms with Gasteiger partial charge in [-0.1, -0.05) is 0 Å². The Morgan fingerprint density at radius 2 is 1.76 bits per heavy atom. The maximum atomic E-state index is 6.19. The van der Waals surface area contributed by atoms with Gasteiger partial charge >= 0.3 is 0 Å². The summed E-state index contributed by atoms with van der Waals surface area (Å²) in [5.41, 5.74) is 0.204. The molecule has 0 saturated carbocycles. The number of rotatable bonds is 1. The molecule has 3 saturated heterocycles. The fraction of sp³-hybridized carbons (Fsp3) is 1.00. The van der Waals surface area contributed by atoms with Crippen LogP contribution in [0, 0.1) is 0 Å². The maximum Gasteiger partial charge on any atom is 0.0723 e. The molecule has 0 radical (unpaired) electrons. The first-order valence-electron chi connectivity index (χ1n) is 6.92. The predicted molar refractivity (Wildman–Crippen MR) is 66.2 cm³/mol. The molecule has 3 aliphatic heterocycles. The molecular formula is C13H24N2O2. The number of hydrogen-bond donors (Lipinski definition) is 0. The largest absolute Gasteiger partial charge is 0.379 e. The molecule has 0 aliphatic carbocycles. The zero-order chi connectivity index (χ0) is 11.7. The Morgan fingerprint density at radius 1 is 1.06 bits per heavy atom. The first-order valence-corrected chi connectivity index (χ1v) is 6.92. The van der Waals surface area contributed by atoms with Crippen molar-refractivity contribution in [2.75, 3.05) is 53.0 Å². The lowest BCUT2D eigenvalue weighted by molar-refractivity contribution is -0.0405. The molecular weight excluding hydrogens is 216 g/mol. The van der Waals surface area contributed by atoms with Crippen LogP contribution in [0.4, 0.5) is 0 Å². The van der Waals surface area contributed by atoms with Crippen molar-refractivity contribution in [1.82, 2.24) is 9.80 Å². The molecule has 3 rings (SSSR count). The zero-order valence-corrected chi connectivity index (χ0v) is 10.9. The monoisotopic (exact) mass is 240 g/mol. The van der Waals surface area contributed by atoms with Gasteiger partial charge < -0.3 is 14.4 Å². The average molecular weight is 240 g/mol. The molecule has 1 unspecified atom stereocenters. The van der Waals surface area contributed by atoms with Gasteiger partial charge in [-0.15, -0.1) is 0 Å². The summed E-state index contributed by atoms with van der Waals surface area (Å²) in [5, 5.41) is 0. The van der Waals surface area contributed by atoms with E-state index in [4.69, 9.17) is 9.47 Å². The van der Waals surface area contributed by atoms with E-state index in [1.165, 1.54) is 32.4 Å². The van der Waals surface area contributed by atoms with Crippen LogP contribution in [0.5, 0.6) is 0 Å². The van der Waals surface area contributed by atoms with Crippen LogP contribution in [0.15, 0.2) is 0 Å². The summed E-state index contributed by atoms with van der Waals surface area (Å²) in [6.07, 6.45) is 3.66. The van der Waals surface area contributed by atoms with E-state index in [1.54, 1.807) is 0 Å². The van der Waals surface area contributed by atoms with Gasteiger partial charge in [-0.3, -0.25) is 4.90 Å². The molecule has 17 heavy (non-hydrogen) atoms. The van der Waals surface area contributed by atoms with Crippen LogP contribution in [0.2, 0.25) is 0 Å². The number of nitrogens with zero attached hydrogens (tertiary/aromatic N) is 2. The van der Waals surface area contributed by atoms with Gasteiger partial charge in [0, 0.05) is 32.2 Å². The molecule has 98 valence electrons. The smallest absolute Gasteiger partial charge is 0.0723 e. The van der Waals surface area contributed by atoms with Gasteiger partial charge in [0.25, 0.3) is 0 Å². The van der Waals surface area contributed by atoms with Gasteiger partial charge in [0.05, 0.1) is 25.4 Å². The van der Waals surface area contributed by atoms with E-state index in [-0.39, 0.29) is 5.60 Å². The second kappa shape index (κ2) is 4.84. The Balaban J connectivity index is 1.57. The highest BCUT2D eigenvalue weighted by Gasteiger charge is 2.43. The van der Waals surface area contributed by atoms with Crippen molar-refractivity contribution in [2.24, 2.45) is 0 Å². The van der Waals surface area contributed by atoms with Crippen molar-refractivity contribution in [2.45, 2.75) is 30.9 Å². The molecule has 4 nitrogen and oxygen atoms in total. The van der Waals surface area contributed by atoms with Crippen molar-refractivity contribution in [3.63, 3.8) is 0 Å². The Morgan fingerprint density at radius 3 is 2.47 bits per heavy atom. The minimum Gasteiger partial charge on any atom is -0.379 e. The van der Waals surface area contributed by atoms with Crippen LogP contribution in [-0.2, 0) is 9.47 Å².